The predicted molar refractivity (Wildman–Crippen MR) is 152 cm³/mol. The molecule has 2 bridgehead atoms. The van der Waals surface area contributed by atoms with Gasteiger partial charge in [0.1, 0.15) is 24.2 Å². The molecule has 2 aliphatic carbocycles. The first-order valence-electron chi connectivity index (χ1n) is 13.7. The summed E-state index contributed by atoms with van der Waals surface area (Å²) in [5.74, 6) is -2.77. The van der Waals surface area contributed by atoms with Crippen LogP contribution in [0.2, 0.25) is 0 Å². The fourth-order valence-corrected chi connectivity index (χ4v) is 6.21. The van der Waals surface area contributed by atoms with Crippen LogP contribution in [0.15, 0.2) is 60.7 Å². The van der Waals surface area contributed by atoms with Gasteiger partial charge < -0.3 is 23.8 Å². The highest BCUT2D eigenvalue weighted by Crippen LogP contribution is 2.62. The van der Waals surface area contributed by atoms with Gasteiger partial charge in [-0.05, 0) is 44.4 Å². The highest BCUT2D eigenvalue weighted by atomic mass is 16.8. The number of anilines is 1. The van der Waals surface area contributed by atoms with Gasteiger partial charge in [0, 0.05) is 39.0 Å². The third kappa shape index (κ3) is 5.34. The van der Waals surface area contributed by atoms with Gasteiger partial charge in [0.15, 0.2) is 6.79 Å². The number of methoxy groups -OCH3 is 1. The minimum Gasteiger partial charge on any atom is -0.463 e. The Labute approximate surface area is 245 Å². The number of carbonyl (C=O) groups excluding carboxylic acids is 4. The number of para-hydroxylation sites is 1. The van der Waals surface area contributed by atoms with Crippen molar-refractivity contribution >= 4 is 29.6 Å². The van der Waals surface area contributed by atoms with E-state index in [4.69, 9.17) is 23.8 Å². The molecule has 1 fully saturated rings. The van der Waals surface area contributed by atoms with Crippen LogP contribution in [-0.4, -0.2) is 74.1 Å². The molecule has 1 aromatic carbocycles. The van der Waals surface area contributed by atoms with E-state index >= 15 is 0 Å². The number of fused-ring (bicyclic) bond motifs is 5. The lowest BCUT2D eigenvalue weighted by Crippen LogP contribution is -2.55. The van der Waals surface area contributed by atoms with E-state index in [1.807, 2.05) is 18.2 Å². The second-order valence-electron chi connectivity index (χ2n) is 11.6. The molecule has 11 nitrogen and oxygen atoms in total. The van der Waals surface area contributed by atoms with Crippen molar-refractivity contribution < 1.29 is 43.0 Å². The maximum absolute atomic E-state index is 14.4. The van der Waals surface area contributed by atoms with E-state index in [0.717, 1.165) is 0 Å². The van der Waals surface area contributed by atoms with Crippen LogP contribution in [0.4, 0.5) is 10.5 Å². The van der Waals surface area contributed by atoms with Crippen molar-refractivity contribution in [1.82, 2.24) is 4.90 Å². The predicted octanol–water partition coefficient (Wildman–Crippen LogP) is 3.84. The topological polar surface area (TPSA) is 121 Å². The first kappa shape index (κ1) is 31.0. The van der Waals surface area contributed by atoms with Crippen LogP contribution >= 0.6 is 0 Å². The highest BCUT2D eigenvalue weighted by molar-refractivity contribution is 6.09. The van der Waals surface area contributed by atoms with Crippen molar-refractivity contribution in [2.24, 2.45) is 11.8 Å². The molecule has 1 aromatic rings. The minimum absolute atomic E-state index is 0.0288. The molecule has 0 unspecified atom stereocenters. The Morgan fingerprint density at radius 2 is 1.90 bits per heavy atom. The van der Waals surface area contributed by atoms with E-state index in [1.54, 1.807) is 46.0 Å². The average molecular weight is 583 g/mol. The van der Waals surface area contributed by atoms with Crippen LogP contribution < -0.4 is 5.06 Å². The summed E-state index contributed by atoms with van der Waals surface area (Å²) in [6.45, 7) is 9.77. The maximum atomic E-state index is 14.4. The molecule has 1 saturated carbocycles. The second kappa shape index (κ2) is 11.7. The fraction of sp³-hybridized carbons (Fsp3) is 0.484. The Kier molecular flexibility index (Phi) is 8.65. The van der Waals surface area contributed by atoms with Gasteiger partial charge in [0.05, 0.1) is 11.2 Å². The van der Waals surface area contributed by atoms with Gasteiger partial charge in [-0.2, -0.15) is 5.06 Å². The summed E-state index contributed by atoms with van der Waals surface area (Å²) >= 11 is 0. The molecule has 11 heteroatoms. The third-order valence-electron chi connectivity index (χ3n) is 7.89. The Morgan fingerprint density at radius 1 is 1.19 bits per heavy atom. The number of hydroxylamine groups is 1. The number of likely N-dealkylation sites (N-methyl/N-ethyl adjacent to an activating group) is 1. The second-order valence-corrected chi connectivity index (χ2v) is 11.6. The summed E-state index contributed by atoms with van der Waals surface area (Å²) in [4.78, 5) is 60.0. The first-order valence-corrected chi connectivity index (χ1v) is 13.7. The maximum Gasteiger partial charge on any atom is 0.410 e. The lowest BCUT2D eigenvalue weighted by atomic mass is 9.65. The number of esters is 2. The lowest BCUT2D eigenvalue weighted by molar-refractivity contribution is -0.149. The molecule has 4 atom stereocenters. The van der Waals surface area contributed by atoms with Crippen molar-refractivity contribution in [3.05, 3.63) is 66.3 Å². The van der Waals surface area contributed by atoms with E-state index in [-0.39, 0.29) is 32.3 Å². The van der Waals surface area contributed by atoms with E-state index in [9.17, 15) is 19.2 Å². The Morgan fingerprint density at radius 3 is 2.55 bits per heavy atom. The van der Waals surface area contributed by atoms with E-state index in [0.29, 0.717) is 16.8 Å². The molecule has 1 spiro atoms. The van der Waals surface area contributed by atoms with Gasteiger partial charge in [0.25, 0.3) is 5.91 Å². The number of hydrogen-bond donors (Lipinski definition) is 0. The summed E-state index contributed by atoms with van der Waals surface area (Å²) in [7, 11) is 3.01. The fourth-order valence-electron chi connectivity index (χ4n) is 6.21. The number of carbonyl (C=O) groups is 4. The zero-order valence-corrected chi connectivity index (χ0v) is 24.9. The normalized spacial score (nSPS) is 26.8. The molecule has 0 N–H and O–H groups in total. The van der Waals surface area contributed by atoms with Crippen LogP contribution in [0.5, 0.6) is 0 Å². The molecule has 0 aromatic heterocycles. The highest BCUT2D eigenvalue weighted by Gasteiger charge is 2.67. The minimum atomic E-state index is -1.29. The zero-order chi connectivity index (χ0) is 30.9. The van der Waals surface area contributed by atoms with Gasteiger partial charge in [0.2, 0.25) is 0 Å². The lowest BCUT2D eigenvalue weighted by Gasteiger charge is -2.41. The molecular formula is C31H38N2O9. The number of rotatable bonds is 9. The monoisotopic (exact) mass is 582 g/mol. The molecule has 0 saturated heterocycles. The van der Waals surface area contributed by atoms with Gasteiger partial charge in [-0.1, -0.05) is 43.0 Å². The van der Waals surface area contributed by atoms with Gasteiger partial charge in [-0.15, -0.1) is 0 Å². The van der Waals surface area contributed by atoms with Crippen molar-refractivity contribution in [2.75, 3.05) is 39.2 Å². The van der Waals surface area contributed by atoms with E-state index in [1.165, 1.54) is 36.1 Å². The van der Waals surface area contributed by atoms with Crippen LogP contribution in [0.25, 0.3) is 0 Å². The van der Waals surface area contributed by atoms with Crippen LogP contribution in [0.3, 0.4) is 0 Å². The third-order valence-corrected chi connectivity index (χ3v) is 7.89. The molecule has 2 amide bonds. The van der Waals surface area contributed by atoms with Gasteiger partial charge in [-0.25, -0.2) is 14.4 Å². The number of benzene rings is 1. The number of amides is 2. The van der Waals surface area contributed by atoms with Crippen molar-refractivity contribution in [3.8, 4) is 0 Å². The number of hydrogen-bond acceptors (Lipinski definition) is 9. The number of ether oxygens (including phenoxy) is 4. The van der Waals surface area contributed by atoms with Crippen molar-refractivity contribution in [2.45, 2.75) is 50.7 Å². The molecule has 42 heavy (non-hydrogen) atoms. The van der Waals surface area contributed by atoms with E-state index in [2.05, 4.69) is 6.58 Å². The standard InChI is InChI=1S/C31H38N2O9/c1-8-15-39-28(37)32(6)30(18-40-20(2)34)17-24-21(16-26(35)42-29(3,4)5)22(30)13-14-31(24)23-11-9-10-12-25(23)33(27(31)36)41-19-38-7/h8-14,16,22,24H,1,15,17-19H2,2-7H3/b21-16-/t22-,24-,30+,31+/m0/s1. The Balaban J connectivity index is 1.92. The Bertz CT molecular complexity index is 1330. The van der Waals surface area contributed by atoms with Crippen LogP contribution in [0, 0.1) is 11.8 Å². The summed E-state index contributed by atoms with van der Waals surface area (Å²) in [6.07, 6.45) is 5.95. The smallest absolute Gasteiger partial charge is 0.410 e. The quantitative estimate of drug-likeness (QED) is 0.141. The summed E-state index contributed by atoms with van der Waals surface area (Å²) < 4.78 is 21.6. The molecule has 226 valence electrons. The van der Waals surface area contributed by atoms with Crippen molar-refractivity contribution in [1.29, 1.82) is 0 Å². The van der Waals surface area contributed by atoms with Crippen molar-refractivity contribution in [3.63, 3.8) is 0 Å². The molecule has 1 aliphatic heterocycles. The zero-order valence-electron chi connectivity index (χ0n) is 24.9. The van der Waals surface area contributed by atoms with E-state index < -0.39 is 46.4 Å². The van der Waals surface area contributed by atoms with Crippen LogP contribution in [-0.2, 0) is 43.6 Å². The van der Waals surface area contributed by atoms with Crippen LogP contribution in [0.1, 0.15) is 39.7 Å². The summed E-state index contributed by atoms with van der Waals surface area (Å²) in [6, 6.07) is 7.23. The average Bonchev–Trinajstić information content (AvgIpc) is 3.28. The molecular weight excluding hydrogens is 544 g/mol. The molecule has 3 aliphatic rings. The molecule has 1 heterocycles. The number of nitrogens with zero attached hydrogens (tertiary/aromatic N) is 2. The summed E-state index contributed by atoms with van der Waals surface area (Å²) in [5.41, 5.74) is -1.48. The first-order chi connectivity index (χ1) is 19.8. The SMILES string of the molecule is C=CCOC(=O)N(C)[C@@]1(COC(C)=O)C[C@H]2/C(=C\C(=O)OC(C)(C)C)[C@@H]1C=C[C@]21C(=O)N(OCOC)c2ccccc21. The molecule has 0 radical (unpaired) electrons. The Hall–Kier alpha value is -3.96. The van der Waals surface area contributed by atoms with Gasteiger partial charge in [-0.3, -0.25) is 9.59 Å². The summed E-state index contributed by atoms with van der Waals surface area (Å²) in [5, 5.41) is 1.21. The van der Waals surface area contributed by atoms with Gasteiger partial charge >= 0.3 is 18.0 Å². The molecule has 4 rings (SSSR count). The largest absolute Gasteiger partial charge is 0.463 e.